The maximum absolute atomic E-state index is 11.1. The molecule has 1 heterocycles. The first-order valence-corrected chi connectivity index (χ1v) is 6.48. The number of carbonyl (C=O) groups excluding carboxylic acids is 2. The minimum atomic E-state index is -0.466. The lowest BCUT2D eigenvalue weighted by atomic mass is 9.85. The number of rotatable bonds is 3. The van der Waals surface area contributed by atoms with Crippen LogP contribution in [0.3, 0.4) is 0 Å². The topological polar surface area (TPSA) is 61.8 Å². The van der Waals surface area contributed by atoms with Crippen molar-refractivity contribution in [1.29, 1.82) is 0 Å². The molecule has 0 radical (unpaired) electrons. The third kappa shape index (κ3) is 3.88. The van der Waals surface area contributed by atoms with E-state index in [0.29, 0.717) is 0 Å². The summed E-state index contributed by atoms with van der Waals surface area (Å²) >= 11 is 4.35. The molecule has 0 bridgehead atoms. The molecule has 5 nitrogen and oxygen atoms in total. The van der Waals surface area contributed by atoms with Crippen LogP contribution in [-0.2, 0) is 23.8 Å². The van der Waals surface area contributed by atoms with Crippen LogP contribution in [0.5, 0.6) is 0 Å². The van der Waals surface area contributed by atoms with E-state index in [1.807, 2.05) is 13.8 Å². The van der Waals surface area contributed by atoms with E-state index < -0.39 is 12.2 Å². The molecule has 5 atom stereocenters. The van der Waals surface area contributed by atoms with Crippen LogP contribution in [0.25, 0.3) is 0 Å². The van der Waals surface area contributed by atoms with Gasteiger partial charge in [0.2, 0.25) is 0 Å². The highest BCUT2D eigenvalue weighted by Crippen LogP contribution is 2.34. The highest BCUT2D eigenvalue weighted by Gasteiger charge is 2.42. The first-order chi connectivity index (χ1) is 8.32. The Morgan fingerprint density at radius 2 is 1.78 bits per heavy atom. The summed E-state index contributed by atoms with van der Waals surface area (Å²) in [6.07, 6.45) is -0.883. The van der Waals surface area contributed by atoms with Gasteiger partial charge in [-0.1, -0.05) is 13.8 Å². The van der Waals surface area contributed by atoms with Crippen molar-refractivity contribution >= 4 is 24.6 Å². The maximum Gasteiger partial charge on any atom is 0.303 e. The number of hydrogen-bond acceptors (Lipinski definition) is 6. The van der Waals surface area contributed by atoms with Gasteiger partial charge in [0.25, 0.3) is 0 Å². The summed E-state index contributed by atoms with van der Waals surface area (Å²) in [6.45, 7) is 6.72. The molecule has 104 valence electrons. The molecule has 0 N–H and O–H groups in total. The van der Waals surface area contributed by atoms with Crippen molar-refractivity contribution < 1.29 is 23.8 Å². The smallest absolute Gasteiger partial charge is 0.303 e. The highest BCUT2D eigenvalue weighted by molar-refractivity contribution is 7.80. The van der Waals surface area contributed by atoms with Gasteiger partial charge in [-0.25, -0.2) is 0 Å². The van der Waals surface area contributed by atoms with E-state index >= 15 is 0 Å². The zero-order chi connectivity index (χ0) is 13.9. The summed E-state index contributed by atoms with van der Waals surface area (Å²) in [7, 11) is 0. The van der Waals surface area contributed by atoms with Crippen LogP contribution in [0.1, 0.15) is 27.7 Å². The van der Waals surface area contributed by atoms with Crippen LogP contribution in [0.4, 0.5) is 0 Å². The second kappa shape index (κ2) is 6.43. The summed E-state index contributed by atoms with van der Waals surface area (Å²) in [6, 6.07) is 0. The van der Waals surface area contributed by atoms with E-state index in [2.05, 4.69) is 12.6 Å². The van der Waals surface area contributed by atoms with E-state index in [1.165, 1.54) is 13.8 Å². The second-order valence-electron chi connectivity index (χ2n) is 4.66. The van der Waals surface area contributed by atoms with Crippen molar-refractivity contribution in [3.63, 3.8) is 0 Å². The van der Waals surface area contributed by atoms with Crippen LogP contribution in [0, 0.1) is 11.8 Å². The lowest BCUT2D eigenvalue weighted by Gasteiger charge is -2.42. The fourth-order valence-electron chi connectivity index (χ4n) is 1.99. The Bertz CT molecular complexity index is 320. The molecule has 0 amide bonds. The van der Waals surface area contributed by atoms with Crippen molar-refractivity contribution in [2.45, 2.75) is 45.3 Å². The molecule has 1 aliphatic heterocycles. The van der Waals surface area contributed by atoms with Crippen LogP contribution < -0.4 is 0 Å². The van der Waals surface area contributed by atoms with Gasteiger partial charge in [0, 0.05) is 19.8 Å². The summed E-state index contributed by atoms with van der Waals surface area (Å²) in [5.74, 6) is -0.521. The number of thiol groups is 1. The molecule has 0 aromatic carbocycles. The summed E-state index contributed by atoms with van der Waals surface area (Å²) in [4.78, 5) is 22.0. The van der Waals surface area contributed by atoms with Gasteiger partial charge in [-0.05, 0) is 5.92 Å². The summed E-state index contributed by atoms with van der Waals surface area (Å²) in [5, 5.41) is 0. The lowest BCUT2D eigenvalue weighted by Crippen LogP contribution is -2.51. The molecule has 1 fully saturated rings. The van der Waals surface area contributed by atoms with E-state index in [9.17, 15) is 9.59 Å². The van der Waals surface area contributed by atoms with Crippen molar-refractivity contribution in [3.8, 4) is 0 Å². The van der Waals surface area contributed by atoms with Crippen LogP contribution >= 0.6 is 12.6 Å². The normalized spacial score (nSPS) is 35.9. The molecular weight excluding hydrogens is 256 g/mol. The zero-order valence-corrected chi connectivity index (χ0v) is 12.0. The minimum Gasteiger partial charge on any atom is -0.463 e. The Hall–Kier alpha value is -0.750. The molecule has 0 spiro atoms. The van der Waals surface area contributed by atoms with Gasteiger partial charge < -0.3 is 14.2 Å². The largest absolute Gasteiger partial charge is 0.463 e. The Morgan fingerprint density at radius 1 is 1.17 bits per heavy atom. The van der Waals surface area contributed by atoms with Crippen LogP contribution in [0.2, 0.25) is 0 Å². The second-order valence-corrected chi connectivity index (χ2v) is 5.17. The third-order valence-electron chi connectivity index (χ3n) is 3.23. The minimum absolute atomic E-state index is 0.0708. The average molecular weight is 276 g/mol. The van der Waals surface area contributed by atoms with Gasteiger partial charge in [0.05, 0.1) is 0 Å². The number of ether oxygens (including phenoxy) is 3. The van der Waals surface area contributed by atoms with Gasteiger partial charge in [-0.3, -0.25) is 9.59 Å². The molecule has 0 aromatic rings. The van der Waals surface area contributed by atoms with Gasteiger partial charge in [-0.2, -0.15) is 0 Å². The number of esters is 2. The molecule has 1 rings (SSSR count). The van der Waals surface area contributed by atoms with E-state index in [4.69, 9.17) is 14.2 Å². The SMILES string of the molecule is CC(=O)OCC1O[C@@H](S)C(C)[C@@H](C)[C@H]1OC(C)=O. The average Bonchev–Trinajstić information content (AvgIpc) is 2.27. The van der Waals surface area contributed by atoms with Gasteiger partial charge in [0.15, 0.2) is 0 Å². The number of hydrogen-bond donors (Lipinski definition) is 1. The van der Waals surface area contributed by atoms with E-state index in [1.54, 1.807) is 0 Å². The van der Waals surface area contributed by atoms with Crippen LogP contribution in [0.15, 0.2) is 0 Å². The fraction of sp³-hybridized carbons (Fsp3) is 0.833. The Kier molecular flexibility index (Phi) is 5.47. The first kappa shape index (κ1) is 15.3. The molecular formula is C12H20O5S. The third-order valence-corrected chi connectivity index (χ3v) is 3.82. The first-order valence-electron chi connectivity index (χ1n) is 5.97. The van der Waals surface area contributed by atoms with Gasteiger partial charge in [-0.15, -0.1) is 12.6 Å². The molecule has 6 heteroatoms. The Balaban J connectivity index is 2.75. The lowest BCUT2D eigenvalue weighted by molar-refractivity contribution is -0.191. The monoisotopic (exact) mass is 276 g/mol. The van der Waals surface area contributed by atoms with E-state index in [0.717, 1.165) is 0 Å². The quantitative estimate of drug-likeness (QED) is 0.624. The van der Waals surface area contributed by atoms with Crippen molar-refractivity contribution in [3.05, 3.63) is 0 Å². The molecule has 18 heavy (non-hydrogen) atoms. The summed E-state index contributed by atoms with van der Waals surface area (Å²) in [5.41, 5.74) is -0.257. The van der Waals surface area contributed by atoms with Crippen molar-refractivity contribution in [2.24, 2.45) is 11.8 Å². The zero-order valence-electron chi connectivity index (χ0n) is 11.1. The van der Waals surface area contributed by atoms with Crippen LogP contribution in [-0.4, -0.2) is 36.2 Å². The molecule has 1 aliphatic rings. The molecule has 1 saturated heterocycles. The van der Waals surface area contributed by atoms with Crippen molar-refractivity contribution in [2.75, 3.05) is 6.61 Å². The Labute approximate surface area is 113 Å². The van der Waals surface area contributed by atoms with Gasteiger partial charge in [0.1, 0.15) is 24.3 Å². The molecule has 2 unspecified atom stereocenters. The molecule has 0 saturated carbocycles. The Morgan fingerprint density at radius 3 is 2.28 bits per heavy atom. The highest BCUT2D eigenvalue weighted by atomic mass is 32.1. The maximum atomic E-state index is 11.1. The van der Waals surface area contributed by atoms with Gasteiger partial charge >= 0.3 is 11.9 Å². The number of carbonyl (C=O) groups is 2. The van der Waals surface area contributed by atoms with E-state index in [-0.39, 0.29) is 35.8 Å². The molecule has 0 aromatic heterocycles. The predicted molar refractivity (Wildman–Crippen MR) is 68.2 cm³/mol. The predicted octanol–water partition coefficient (Wildman–Crippen LogP) is 1.41. The standard InChI is InChI=1S/C12H20O5S/c1-6-7(2)12(18)17-10(5-15-8(3)13)11(6)16-9(4)14/h6-7,10-12,18H,5H2,1-4H3/t6-,7?,10?,11-,12+/m1/s1. The van der Waals surface area contributed by atoms with Crippen molar-refractivity contribution in [1.82, 2.24) is 0 Å². The molecule has 0 aliphatic carbocycles. The summed E-state index contributed by atoms with van der Waals surface area (Å²) < 4.78 is 15.9. The fourth-order valence-corrected chi connectivity index (χ4v) is 2.41.